The second-order valence-corrected chi connectivity index (χ2v) is 5.36. The van der Waals surface area contributed by atoms with Gasteiger partial charge in [0, 0.05) is 12.5 Å². The highest BCUT2D eigenvalue weighted by Crippen LogP contribution is 2.13. The zero-order valence-corrected chi connectivity index (χ0v) is 13.0. The minimum atomic E-state index is -0.662. The smallest absolute Gasteiger partial charge is 0.328 e. The van der Waals surface area contributed by atoms with E-state index in [9.17, 15) is 9.59 Å². The normalized spacial score (nSPS) is 13.6. The van der Waals surface area contributed by atoms with Gasteiger partial charge in [0.15, 0.2) is 0 Å². The van der Waals surface area contributed by atoms with Gasteiger partial charge in [-0.05, 0) is 5.92 Å². The van der Waals surface area contributed by atoms with Crippen LogP contribution in [-0.2, 0) is 20.9 Å². The topological polar surface area (TPSA) is 77.5 Å². The SMILES string of the molecule is CCC(C)C(NC(=O)c1csc(COC)n1)C(=O)OC. The number of nitrogens with zero attached hydrogens (tertiary/aromatic N) is 1. The molecule has 0 saturated carbocycles. The third kappa shape index (κ3) is 4.28. The predicted molar refractivity (Wildman–Crippen MR) is 75.6 cm³/mol. The maximum atomic E-state index is 12.1. The van der Waals surface area contributed by atoms with Crippen molar-refractivity contribution >= 4 is 23.2 Å². The predicted octanol–water partition coefficient (Wildman–Crippen LogP) is 1.61. The summed E-state index contributed by atoms with van der Waals surface area (Å²) < 4.78 is 9.68. The molecule has 1 aromatic heterocycles. The summed E-state index contributed by atoms with van der Waals surface area (Å²) in [5.74, 6) is -0.831. The monoisotopic (exact) mass is 300 g/mol. The van der Waals surface area contributed by atoms with Crippen molar-refractivity contribution in [1.82, 2.24) is 10.3 Å². The Hall–Kier alpha value is -1.47. The molecule has 0 bridgehead atoms. The highest BCUT2D eigenvalue weighted by molar-refractivity contribution is 7.09. The lowest BCUT2D eigenvalue weighted by Crippen LogP contribution is -2.45. The summed E-state index contributed by atoms with van der Waals surface area (Å²) in [6.45, 7) is 4.20. The molecule has 1 rings (SSSR count). The molecule has 0 aliphatic heterocycles. The van der Waals surface area contributed by atoms with Crippen molar-refractivity contribution in [2.45, 2.75) is 32.9 Å². The van der Waals surface area contributed by atoms with E-state index in [1.165, 1.54) is 18.4 Å². The number of hydrogen-bond donors (Lipinski definition) is 1. The van der Waals surface area contributed by atoms with Gasteiger partial charge < -0.3 is 14.8 Å². The zero-order chi connectivity index (χ0) is 15.1. The van der Waals surface area contributed by atoms with Crippen LogP contribution in [-0.4, -0.2) is 37.1 Å². The van der Waals surface area contributed by atoms with E-state index in [4.69, 9.17) is 9.47 Å². The summed E-state index contributed by atoms with van der Waals surface area (Å²) in [4.78, 5) is 28.0. The molecular weight excluding hydrogens is 280 g/mol. The van der Waals surface area contributed by atoms with Gasteiger partial charge in [0.2, 0.25) is 0 Å². The molecule has 1 aromatic rings. The Morgan fingerprint density at radius 2 is 2.15 bits per heavy atom. The number of carbonyl (C=O) groups excluding carboxylic acids is 2. The van der Waals surface area contributed by atoms with Crippen LogP contribution in [0.4, 0.5) is 0 Å². The molecule has 0 aromatic carbocycles. The van der Waals surface area contributed by atoms with E-state index in [0.717, 1.165) is 11.4 Å². The van der Waals surface area contributed by atoms with Gasteiger partial charge in [-0.1, -0.05) is 20.3 Å². The van der Waals surface area contributed by atoms with Crippen LogP contribution in [0.15, 0.2) is 5.38 Å². The number of esters is 1. The third-order valence-electron chi connectivity index (χ3n) is 3.01. The number of nitrogens with one attached hydrogen (secondary N) is 1. The largest absolute Gasteiger partial charge is 0.467 e. The summed E-state index contributed by atoms with van der Waals surface area (Å²) in [5, 5.41) is 5.05. The van der Waals surface area contributed by atoms with Crippen molar-refractivity contribution in [2.24, 2.45) is 5.92 Å². The Labute approximate surface area is 122 Å². The fraction of sp³-hybridized carbons (Fsp3) is 0.615. The van der Waals surface area contributed by atoms with Gasteiger partial charge in [0.05, 0.1) is 13.7 Å². The molecule has 0 saturated heterocycles. The maximum Gasteiger partial charge on any atom is 0.328 e. The van der Waals surface area contributed by atoms with Crippen LogP contribution in [0.3, 0.4) is 0 Å². The number of carbonyl (C=O) groups is 2. The number of methoxy groups -OCH3 is 2. The number of ether oxygens (including phenoxy) is 2. The van der Waals surface area contributed by atoms with Crippen LogP contribution in [0.25, 0.3) is 0 Å². The molecule has 1 heterocycles. The van der Waals surface area contributed by atoms with Crippen LogP contribution in [0, 0.1) is 5.92 Å². The first-order valence-electron chi connectivity index (χ1n) is 6.35. The molecule has 1 N–H and O–H groups in total. The second kappa shape index (κ2) is 7.96. The van der Waals surface area contributed by atoms with Gasteiger partial charge in [-0.25, -0.2) is 9.78 Å². The van der Waals surface area contributed by atoms with Gasteiger partial charge in [0.25, 0.3) is 5.91 Å². The molecule has 2 unspecified atom stereocenters. The average molecular weight is 300 g/mol. The Morgan fingerprint density at radius 3 is 2.70 bits per heavy atom. The summed E-state index contributed by atoms with van der Waals surface area (Å²) >= 11 is 1.34. The Morgan fingerprint density at radius 1 is 1.45 bits per heavy atom. The number of aromatic nitrogens is 1. The lowest BCUT2D eigenvalue weighted by molar-refractivity contribution is -0.144. The fourth-order valence-electron chi connectivity index (χ4n) is 1.62. The molecule has 0 spiro atoms. The maximum absolute atomic E-state index is 12.1. The minimum absolute atomic E-state index is 0.0107. The molecule has 7 heteroatoms. The fourth-order valence-corrected chi connectivity index (χ4v) is 2.36. The van der Waals surface area contributed by atoms with Crippen molar-refractivity contribution in [2.75, 3.05) is 14.2 Å². The first kappa shape index (κ1) is 16.6. The zero-order valence-electron chi connectivity index (χ0n) is 12.1. The second-order valence-electron chi connectivity index (χ2n) is 4.42. The van der Waals surface area contributed by atoms with Crippen molar-refractivity contribution in [1.29, 1.82) is 0 Å². The van der Waals surface area contributed by atoms with Gasteiger partial charge >= 0.3 is 5.97 Å². The quantitative estimate of drug-likeness (QED) is 0.774. The Kier molecular flexibility index (Phi) is 6.60. The molecule has 112 valence electrons. The third-order valence-corrected chi connectivity index (χ3v) is 3.83. The van der Waals surface area contributed by atoms with E-state index in [2.05, 4.69) is 10.3 Å². The molecule has 1 amide bonds. The van der Waals surface area contributed by atoms with E-state index in [1.807, 2.05) is 13.8 Å². The molecular formula is C13H20N2O4S. The molecule has 0 fully saturated rings. The highest BCUT2D eigenvalue weighted by Gasteiger charge is 2.27. The molecule has 0 radical (unpaired) electrons. The van der Waals surface area contributed by atoms with E-state index in [0.29, 0.717) is 12.3 Å². The minimum Gasteiger partial charge on any atom is -0.467 e. The summed E-state index contributed by atoms with van der Waals surface area (Å²) in [5.41, 5.74) is 0.291. The average Bonchev–Trinajstić information content (AvgIpc) is 2.92. The lowest BCUT2D eigenvalue weighted by Gasteiger charge is -2.21. The molecule has 0 aliphatic carbocycles. The van der Waals surface area contributed by atoms with E-state index in [-0.39, 0.29) is 11.8 Å². The van der Waals surface area contributed by atoms with Crippen molar-refractivity contribution < 1.29 is 19.1 Å². The lowest BCUT2D eigenvalue weighted by atomic mass is 9.99. The van der Waals surface area contributed by atoms with Gasteiger partial charge in [-0.15, -0.1) is 11.3 Å². The standard InChI is InChI=1S/C13H20N2O4S/c1-5-8(2)11(13(17)19-4)15-12(16)9-7-20-10(14-9)6-18-3/h7-8,11H,5-6H2,1-4H3,(H,15,16). The molecule has 20 heavy (non-hydrogen) atoms. The highest BCUT2D eigenvalue weighted by atomic mass is 32.1. The van der Waals surface area contributed by atoms with E-state index >= 15 is 0 Å². The van der Waals surface area contributed by atoms with Crippen LogP contribution < -0.4 is 5.32 Å². The molecule has 2 atom stereocenters. The van der Waals surface area contributed by atoms with Gasteiger partial charge in [-0.2, -0.15) is 0 Å². The van der Waals surface area contributed by atoms with Crippen LogP contribution in [0.1, 0.15) is 35.8 Å². The summed E-state index contributed by atoms with van der Waals surface area (Å²) in [6.07, 6.45) is 0.756. The van der Waals surface area contributed by atoms with Crippen molar-refractivity contribution in [3.8, 4) is 0 Å². The number of thiazole rings is 1. The first-order valence-corrected chi connectivity index (χ1v) is 7.23. The van der Waals surface area contributed by atoms with Gasteiger partial charge in [-0.3, -0.25) is 4.79 Å². The summed E-state index contributed by atoms with van der Waals surface area (Å²) in [7, 11) is 2.88. The number of rotatable bonds is 7. The van der Waals surface area contributed by atoms with Crippen molar-refractivity contribution in [3.63, 3.8) is 0 Å². The molecule has 0 aliphatic rings. The van der Waals surface area contributed by atoms with Crippen molar-refractivity contribution in [3.05, 3.63) is 16.1 Å². The van der Waals surface area contributed by atoms with Crippen LogP contribution in [0.5, 0.6) is 0 Å². The van der Waals surface area contributed by atoms with Gasteiger partial charge in [0.1, 0.15) is 16.7 Å². The van der Waals surface area contributed by atoms with Crippen LogP contribution in [0.2, 0.25) is 0 Å². The summed E-state index contributed by atoms with van der Waals surface area (Å²) in [6, 6.07) is -0.662. The number of hydrogen-bond acceptors (Lipinski definition) is 6. The van der Waals surface area contributed by atoms with E-state index < -0.39 is 12.0 Å². The Balaban J connectivity index is 2.76. The first-order chi connectivity index (χ1) is 9.53. The Bertz CT molecular complexity index is 461. The molecule has 6 nitrogen and oxygen atoms in total. The van der Waals surface area contributed by atoms with E-state index in [1.54, 1.807) is 12.5 Å². The van der Waals surface area contributed by atoms with Crippen LogP contribution >= 0.6 is 11.3 Å². The number of amides is 1.